The van der Waals surface area contributed by atoms with E-state index in [1.807, 2.05) is 0 Å². The number of benzene rings is 3. The number of nitrogens with one attached hydrogen (secondary N) is 1. The van der Waals surface area contributed by atoms with Gasteiger partial charge in [0, 0.05) is 31.9 Å². The molecule has 0 saturated heterocycles. The number of carbonyl (C=O) groups excluding carboxylic acids is 1. The maximum Gasteiger partial charge on any atom is 0.332 e. The van der Waals surface area contributed by atoms with Crippen molar-refractivity contribution in [3.8, 4) is 11.5 Å². The van der Waals surface area contributed by atoms with Gasteiger partial charge in [0.15, 0.2) is 11.5 Å². The third-order valence-corrected chi connectivity index (χ3v) is 6.33. The summed E-state index contributed by atoms with van der Waals surface area (Å²) >= 11 is 0. The molecule has 1 N–H and O–H groups in total. The number of ether oxygens (including phenoxy) is 3. The van der Waals surface area contributed by atoms with E-state index in [1.54, 1.807) is 49.6 Å². The number of hydrogen-bond acceptors (Lipinski definition) is 6. The second-order valence-electron chi connectivity index (χ2n) is 8.91. The first-order valence-corrected chi connectivity index (χ1v) is 12.4. The molecule has 1 amide bonds. The zero-order chi connectivity index (χ0) is 27.9. The molecule has 0 saturated carbocycles. The van der Waals surface area contributed by atoms with E-state index in [0.29, 0.717) is 53.3 Å². The number of halogens is 1. The van der Waals surface area contributed by atoms with Crippen molar-refractivity contribution < 1.29 is 23.4 Å². The van der Waals surface area contributed by atoms with Crippen molar-refractivity contribution >= 4 is 16.8 Å². The molecule has 1 heterocycles. The van der Waals surface area contributed by atoms with Gasteiger partial charge in [-0.25, -0.2) is 9.18 Å². The molecule has 0 spiro atoms. The predicted octanol–water partition coefficient (Wildman–Crippen LogP) is 3.18. The van der Waals surface area contributed by atoms with Crippen LogP contribution in [0.5, 0.6) is 11.5 Å². The normalized spacial score (nSPS) is 11.0. The summed E-state index contributed by atoms with van der Waals surface area (Å²) in [5.41, 5.74) is 0.933. The van der Waals surface area contributed by atoms with E-state index in [4.69, 9.17) is 14.2 Å². The fraction of sp³-hybridized carbons (Fsp3) is 0.276. The summed E-state index contributed by atoms with van der Waals surface area (Å²) < 4.78 is 32.2. The Morgan fingerprint density at radius 3 is 2.23 bits per heavy atom. The van der Waals surface area contributed by atoms with Crippen molar-refractivity contribution in [2.24, 2.45) is 0 Å². The van der Waals surface area contributed by atoms with Crippen LogP contribution >= 0.6 is 0 Å². The lowest BCUT2D eigenvalue weighted by Crippen LogP contribution is -2.40. The van der Waals surface area contributed by atoms with E-state index in [2.05, 4.69) is 5.32 Å². The highest BCUT2D eigenvalue weighted by molar-refractivity contribution is 5.94. The number of carbonyl (C=O) groups is 1. The third-order valence-electron chi connectivity index (χ3n) is 6.33. The molecule has 1 aromatic heterocycles. The van der Waals surface area contributed by atoms with E-state index >= 15 is 0 Å². The number of aromatic nitrogens is 2. The standard InChI is InChI=1S/C29H30FN3O6/c1-37-13-5-12-31-27(34)21-10-8-19(9-11-21)17-33-28(35)23-15-25(38-2)26(39-3)16-24(23)32(29(33)36)18-20-6-4-7-22(30)14-20/h4,6-11,14-16H,5,12-13,17-18H2,1-3H3,(H,31,34). The van der Waals surface area contributed by atoms with Gasteiger partial charge in [0.2, 0.25) is 0 Å². The highest BCUT2D eigenvalue weighted by atomic mass is 19.1. The smallest absolute Gasteiger partial charge is 0.332 e. The van der Waals surface area contributed by atoms with Crippen molar-refractivity contribution in [3.63, 3.8) is 0 Å². The van der Waals surface area contributed by atoms with Crippen LogP contribution in [0, 0.1) is 5.82 Å². The van der Waals surface area contributed by atoms with Crippen LogP contribution in [0.15, 0.2) is 70.3 Å². The van der Waals surface area contributed by atoms with Gasteiger partial charge in [-0.05, 0) is 47.9 Å². The predicted molar refractivity (Wildman–Crippen MR) is 145 cm³/mol. The number of fused-ring (bicyclic) bond motifs is 1. The maximum atomic E-state index is 13.9. The second kappa shape index (κ2) is 12.4. The van der Waals surface area contributed by atoms with Crippen molar-refractivity contribution in [2.75, 3.05) is 34.5 Å². The molecule has 10 heteroatoms. The molecule has 0 fully saturated rings. The van der Waals surface area contributed by atoms with Crippen LogP contribution in [0.1, 0.15) is 27.9 Å². The maximum absolute atomic E-state index is 13.9. The van der Waals surface area contributed by atoms with Gasteiger partial charge in [0.05, 0.1) is 38.2 Å². The van der Waals surface area contributed by atoms with E-state index in [0.717, 1.165) is 4.57 Å². The van der Waals surface area contributed by atoms with Crippen LogP contribution in [-0.4, -0.2) is 49.5 Å². The third kappa shape index (κ3) is 6.18. The van der Waals surface area contributed by atoms with Gasteiger partial charge in [-0.3, -0.25) is 18.7 Å². The van der Waals surface area contributed by atoms with Gasteiger partial charge >= 0.3 is 5.69 Å². The number of rotatable bonds is 11. The molecule has 0 atom stereocenters. The summed E-state index contributed by atoms with van der Waals surface area (Å²) in [7, 11) is 4.52. The van der Waals surface area contributed by atoms with Crippen LogP contribution in [0.25, 0.3) is 10.9 Å². The molecule has 3 aromatic carbocycles. The number of hydrogen-bond donors (Lipinski definition) is 1. The Balaban J connectivity index is 1.74. The Hall–Kier alpha value is -4.44. The lowest BCUT2D eigenvalue weighted by molar-refractivity contribution is 0.0948. The van der Waals surface area contributed by atoms with E-state index in [1.165, 1.54) is 37.0 Å². The first kappa shape index (κ1) is 27.6. The fourth-order valence-electron chi connectivity index (χ4n) is 4.32. The number of methoxy groups -OCH3 is 3. The molecule has 39 heavy (non-hydrogen) atoms. The zero-order valence-corrected chi connectivity index (χ0v) is 22.0. The SMILES string of the molecule is COCCCNC(=O)c1ccc(Cn2c(=O)c3cc(OC)c(OC)cc3n(Cc3cccc(F)c3)c2=O)cc1. The van der Waals surface area contributed by atoms with Crippen molar-refractivity contribution in [2.45, 2.75) is 19.5 Å². The molecule has 0 aliphatic rings. The lowest BCUT2D eigenvalue weighted by atomic mass is 10.1. The molecule has 4 aromatic rings. The molecule has 0 aliphatic heterocycles. The monoisotopic (exact) mass is 535 g/mol. The van der Waals surface area contributed by atoms with Crippen molar-refractivity contribution in [1.29, 1.82) is 0 Å². The van der Waals surface area contributed by atoms with E-state index < -0.39 is 17.1 Å². The summed E-state index contributed by atoms with van der Waals surface area (Å²) in [6, 6.07) is 15.7. The topological polar surface area (TPSA) is 101 Å². The number of amides is 1. The summed E-state index contributed by atoms with van der Waals surface area (Å²) in [6.45, 7) is 1.04. The minimum atomic E-state index is -0.566. The Kier molecular flexibility index (Phi) is 8.77. The zero-order valence-electron chi connectivity index (χ0n) is 22.0. The van der Waals surface area contributed by atoms with Crippen molar-refractivity contribution in [1.82, 2.24) is 14.5 Å². The quantitative estimate of drug-likeness (QED) is 0.296. The number of nitrogens with zero attached hydrogens (tertiary/aromatic N) is 2. The average molecular weight is 536 g/mol. The molecule has 204 valence electrons. The minimum Gasteiger partial charge on any atom is -0.493 e. The Morgan fingerprint density at radius 2 is 1.56 bits per heavy atom. The van der Waals surface area contributed by atoms with E-state index in [9.17, 15) is 18.8 Å². The van der Waals surface area contributed by atoms with Gasteiger partial charge in [0.1, 0.15) is 5.82 Å². The summed E-state index contributed by atoms with van der Waals surface area (Å²) in [6.07, 6.45) is 0.698. The molecule has 0 unspecified atom stereocenters. The molecular weight excluding hydrogens is 505 g/mol. The van der Waals surface area contributed by atoms with Crippen LogP contribution in [0.4, 0.5) is 4.39 Å². The largest absolute Gasteiger partial charge is 0.493 e. The molecule has 4 rings (SSSR count). The molecule has 0 radical (unpaired) electrons. The van der Waals surface area contributed by atoms with E-state index in [-0.39, 0.29) is 24.4 Å². The van der Waals surface area contributed by atoms with Crippen molar-refractivity contribution in [3.05, 3.63) is 104 Å². The molecule has 0 bridgehead atoms. The van der Waals surface area contributed by atoms with Crippen LogP contribution < -0.4 is 26.0 Å². The highest BCUT2D eigenvalue weighted by Crippen LogP contribution is 2.30. The lowest BCUT2D eigenvalue weighted by Gasteiger charge is -2.17. The highest BCUT2D eigenvalue weighted by Gasteiger charge is 2.18. The van der Waals surface area contributed by atoms with Gasteiger partial charge in [0.25, 0.3) is 11.5 Å². The Bertz CT molecular complexity index is 1590. The second-order valence-corrected chi connectivity index (χ2v) is 8.91. The summed E-state index contributed by atoms with van der Waals surface area (Å²) in [5, 5.41) is 3.07. The van der Waals surface area contributed by atoms with Gasteiger partial charge < -0.3 is 19.5 Å². The minimum absolute atomic E-state index is 0.0269. The average Bonchev–Trinajstić information content (AvgIpc) is 2.95. The molecule has 0 aliphatic carbocycles. The van der Waals surface area contributed by atoms with Gasteiger partial charge in [-0.2, -0.15) is 0 Å². The van der Waals surface area contributed by atoms with Gasteiger partial charge in [-0.1, -0.05) is 24.3 Å². The fourth-order valence-corrected chi connectivity index (χ4v) is 4.32. The summed E-state index contributed by atoms with van der Waals surface area (Å²) in [5.74, 6) is 0.0374. The van der Waals surface area contributed by atoms with Crippen LogP contribution in [0.2, 0.25) is 0 Å². The first-order valence-electron chi connectivity index (χ1n) is 12.4. The Morgan fingerprint density at radius 1 is 0.872 bits per heavy atom. The molecular formula is C29H30FN3O6. The summed E-state index contributed by atoms with van der Waals surface area (Å²) in [4.78, 5) is 39.6. The van der Waals surface area contributed by atoms with Crippen LogP contribution in [0.3, 0.4) is 0 Å². The molecule has 9 nitrogen and oxygen atoms in total. The van der Waals surface area contributed by atoms with Gasteiger partial charge in [-0.15, -0.1) is 0 Å². The Labute approximate surface area is 224 Å². The first-order chi connectivity index (χ1) is 18.9. The van der Waals surface area contributed by atoms with Crippen LogP contribution in [-0.2, 0) is 17.8 Å².